The van der Waals surface area contributed by atoms with Crippen LogP contribution in [-0.4, -0.2) is 45.5 Å². The van der Waals surface area contributed by atoms with Crippen molar-refractivity contribution in [2.45, 2.75) is 45.8 Å². The fourth-order valence-corrected chi connectivity index (χ4v) is 3.31. The van der Waals surface area contributed by atoms with Crippen LogP contribution in [0.5, 0.6) is 17.2 Å². The molecule has 176 valence electrons. The van der Waals surface area contributed by atoms with Gasteiger partial charge in [-0.05, 0) is 35.6 Å². The van der Waals surface area contributed by atoms with E-state index in [1.165, 1.54) is 5.56 Å². The van der Waals surface area contributed by atoms with Gasteiger partial charge >= 0.3 is 0 Å². The van der Waals surface area contributed by atoms with Crippen LogP contribution >= 0.6 is 0 Å². The summed E-state index contributed by atoms with van der Waals surface area (Å²) in [5.74, 6) is 2.33. The Labute approximate surface area is 191 Å². The average Bonchev–Trinajstić information content (AvgIpc) is 2.79. The Morgan fingerprint density at radius 2 is 1.59 bits per heavy atom. The fourth-order valence-electron chi connectivity index (χ4n) is 3.31. The van der Waals surface area contributed by atoms with Gasteiger partial charge in [-0.15, -0.1) is 0 Å². The largest absolute Gasteiger partial charge is 0.493 e. The lowest BCUT2D eigenvalue weighted by atomic mass is 9.86. The Kier molecular flexibility index (Phi) is 9.20. The fraction of sp³-hybridized carbons (Fsp3) is 0.480. The van der Waals surface area contributed by atoms with Crippen molar-refractivity contribution in [2.75, 3.05) is 34.4 Å². The summed E-state index contributed by atoms with van der Waals surface area (Å²) in [6, 6.07) is 11.8. The zero-order valence-corrected chi connectivity index (χ0v) is 20.3. The van der Waals surface area contributed by atoms with Gasteiger partial charge in [0.1, 0.15) is 0 Å². The molecule has 32 heavy (non-hydrogen) atoms. The Bertz CT molecular complexity index is 889. The molecule has 0 fully saturated rings. The number of guanidine groups is 1. The third-order valence-electron chi connectivity index (χ3n) is 5.16. The van der Waals surface area contributed by atoms with E-state index in [9.17, 15) is 5.11 Å². The Hall–Kier alpha value is -2.93. The number of methoxy groups -OCH3 is 3. The monoisotopic (exact) mass is 443 g/mol. The number of nitrogens with one attached hydrogen (secondary N) is 2. The second-order valence-corrected chi connectivity index (χ2v) is 8.46. The van der Waals surface area contributed by atoms with Gasteiger partial charge in [0.2, 0.25) is 5.75 Å². The van der Waals surface area contributed by atoms with Crippen molar-refractivity contribution >= 4 is 5.96 Å². The van der Waals surface area contributed by atoms with Crippen molar-refractivity contribution in [3.63, 3.8) is 0 Å². The molecule has 7 heteroatoms. The molecule has 0 saturated heterocycles. The molecule has 2 aromatic carbocycles. The molecule has 0 aliphatic carbocycles. The maximum Gasteiger partial charge on any atom is 0.203 e. The van der Waals surface area contributed by atoms with E-state index in [1.54, 1.807) is 21.3 Å². The molecule has 2 rings (SSSR count). The third kappa shape index (κ3) is 6.53. The van der Waals surface area contributed by atoms with Gasteiger partial charge in [0.05, 0.1) is 34.0 Å². The van der Waals surface area contributed by atoms with Crippen LogP contribution in [0.2, 0.25) is 0 Å². The van der Waals surface area contributed by atoms with E-state index in [4.69, 9.17) is 14.2 Å². The van der Waals surface area contributed by atoms with Gasteiger partial charge in [-0.2, -0.15) is 0 Å². The van der Waals surface area contributed by atoms with Gasteiger partial charge in [-0.25, -0.2) is 4.99 Å². The third-order valence-corrected chi connectivity index (χ3v) is 5.16. The summed E-state index contributed by atoms with van der Waals surface area (Å²) in [5.41, 5.74) is 3.04. The van der Waals surface area contributed by atoms with Crippen molar-refractivity contribution in [3.8, 4) is 17.2 Å². The second kappa shape index (κ2) is 11.6. The standard InChI is InChI=1S/C25H37N3O4/c1-8-26-24(27-15-18-11-14-21(30-5)23(32-7)22(18)31-6)28-16-20(29)17-9-12-19(13-10-17)25(2,3)4/h9-14,20,29H,8,15-16H2,1-7H3,(H2,26,27,28). The first-order valence-electron chi connectivity index (χ1n) is 10.8. The molecule has 0 aromatic heterocycles. The molecular weight excluding hydrogens is 406 g/mol. The van der Waals surface area contributed by atoms with Gasteiger partial charge in [-0.3, -0.25) is 0 Å². The lowest BCUT2D eigenvalue weighted by molar-refractivity contribution is 0.181. The number of nitrogens with zero attached hydrogens (tertiary/aromatic N) is 1. The molecule has 1 unspecified atom stereocenters. The Morgan fingerprint density at radius 3 is 2.12 bits per heavy atom. The van der Waals surface area contributed by atoms with Crippen LogP contribution in [0.3, 0.4) is 0 Å². The predicted octanol–water partition coefficient (Wildman–Crippen LogP) is 3.80. The summed E-state index contributed by atoms with van der Waals surface area (Å²) in [5, 5.41) is 17.1. The molecular formula is C25H37N3O4. The van der Waals surface area contributed by atoms with Crippen LogP contribution in [-0.2, 0) is 12.0 Å². The van der Waals surface area contributed by atoms with Crippen molar-refractivity contribution in [1.29, 1.82) is 0 Å². The smallest absolute Gasteiger partial charge is 0.203 e. The summed E-state index contributed by atoms with van der Waals surface area (Å²) < 4.78 is 16.3. The van der Waals surface area contributed by atoms with Gasteiger partial charge in [-0.1, -0.05) is 45.0 Å². The number of aliphatic hydroxyl groups excluding tert-OH is 1. The number of rotatable bonds is 9. The number of hydrogen-bond acceptors (Lipinski definition) is 5. The normalized spacial score (nSPS) is 12.8. The first-order chi connectivity index (χ1) is 15.2. The van der Waals surface area contributed by atoms with E-state index in [0.29, 0.717) is 42.8 Å². The molecule has 0 aliphatic heterocycles. The van der Waals surface area contributed by atoms with Crippen molar-refractivity contribution in [2.24, 2.45) is 4.99 Å². The molecule has 2 aromatic rings. The highest BCUT2D eigenvalue weighted by molar-refractivity contribution is 5.79. The second-order valence-electron chi connectivity index (χ2n) is 8.46. The number of benzene rings is 2. The lowest BCUT2D eigenvalue weighted by Crippen LogP contribution is -2.39. The first kappa shape index (κ1) is 25.3. The summed E-state index contributed by atoms with van der Waals surface area (Å²) >= 11 is 0. The van der Waals surface area contributed by atoms with Crippen molar-refractivity contribution < 1.29 is 19.3 Å². The Balaban J connectivity index is 2.10. The van der Waals surface area contributed by atoms with E-state index in [0.717, 1.165) is 11.1 Å². The molecule has 0 aliphatic rings. The van der Waals surface area contributed by atoms with E-state index >= 15 is 0 Å². The summed E-state index contributed by atoms with van der Waals surface area (Å²) in [7, 11) is 4.76. The van der Waals surface area contributed by atoms with E-state index in [1.807, 2.05) is 31.2 Å². The molecule has 0 bridgehead atoms. The van der Waals surface area contributed by atoms with Gasteiger partial charge in [0.25, 0.3) is 0 Å². The molecule has 0 spiro atoms. The van der Waals surface area contributed by atoms with Crippen LogP contribution < -0.4 is 24.8 Å². The number of aliphatic hydroxyl groups is 1. The predicted molar refractivity (Wildman–Crippen MR) is 129 cm³/mol. The first-order valence-corrected chi connectivity index (χ1v) is 10.8. The maximum absolute atomic E-state index is 10.6. The summed E-state index contributed by atoms with van der Waals surface area (Å²) in [6.07, 6.45) is -0.650. The van der Waals surface area contributed by atoms with E-state index < -0.39 is 6.10 Å². The molecule has 7 nitrogen and oxygen atoms in total. The van der Waals surface area contributed by atoms with E-state index in [-0.39, 0.29) is 5.41 Å². The van der Waals surface area contributed by atoms with Gasteiger partial charge < -0.3 is 30.0 Å². The van der Waals surface area contributed by atoms with Gasteiger partial charge in [0.15, 0.2) is 17.5 Å². The highest BCUT2D eigenvalue weighted by Crippen LogP contribution is 2.39. The molecule has 0 heterocycles. The van der Waals surface area contributed by atoms with Crippen LogP contribution in [0.25, 0.3) is 0 Å². The number of aliphatic imine (C=N–C) groups is 1. The van der Waals surface area contributed by atoms with Crippen molar-refractivity contribution in [1.82, 2.24) is 10.6 Å². The summed E-state index contributed by atoms with van der Waals surface area (Å²) in [6.45, 7) is 9.92. The number of ether oxygens (including phenoxy) is 3. The van der Waals surface area contributed by atoms with Crippen LogP contribution in [0.4, 0.5) is 0 Å². The minimum atomic E-state index is -0.650. The quantitative estimate of drug-likeness (QED) is 0.404. The maximum atomic E-state index is 10.6. The van der Waals surface area contributed by atoms with Gasteiger partial charge in [0, 0.05) is 18.7 Å². The SMILES string of the molecule is CCNC(=NCc1ccc(OC)c(OC)c1OC)NCC(O)c1ccc(C(C)(C)C)cc1. The molecule has 0 saturated carbocycles. The molecule has 1 atom stereocenters. The molecule has 0 radical (unpaired) electrons. The Morgan fingerprint density at radius 1 is 0.938 bits per heavy atom. The zero-order chi connectivity index (χ0) is 23.7. The van der Waals surface area contributed by atoms with Crippen LogP contribution in [0.15, 0.2) is 41.4 Å². The van der Waals surface area contributed by atoms with Crippen LogP contribution in [0.1, 0.15) is 50.5 Å². The molecule has 3 N–H and O–H groups in total. The molecule has 0 amide bonds. The van der Waals surface area contributed by atoms with Crippen molar-refractivity contribution in [3.05, 3.63) is 53.1 Å². The minimum absolute atomic E-state index is 0.0812. The number of hydrogen-bond donors (Lipinski definition) is 3. The van der Waals surface area contributed by atoms with Crippen LogP contribution in [0, 0.1) is 0 Å². The highest BCUT2D eigenvalue weighted by Gasteiger charge is 2.17. The minimum Gasteiger partial charge on any atom is -0.493 e. The average molecular weight is 444 g/mol. The van der Waals surface area contributed by atoms with E-state index in [2.05, 4.69) is 48.5 Å². The highest BCUT2D eigenvalue weighted by atomic mass is 16.5. The topological polar surface area (TPSA) is 84.3 Å². The summed E-state index contributed by atoms with van der Waals surface area (Å²) in [4.78, 5) is 4.64. The zero-order valence-electron chi connectivity index (χ0n) is 20.3. The lowest BCUT2D eigenvalue weighted by Gasteiger charge is -2.20.